The monoisotopic (exact) mass is 661 g/mol. The van der Waals surface area contributed by atoms with Gasteiger partial charge in [0.15, 0.2) is 0 Å². The standard InChI is InChI=1S/C29H34F7N3O2.2ClH/c1-19-3-4-21(11-20(19)2)12-25-17-37(5-7-38-9-10-41-18-26(38)16-30)6-8-39(25)27(40)22-13-23(28(31,32)33)15-24(14-22)29(34,35)36;;/h3-4,11,13-15,25-26H,5-10,12,16-18H2,1-2H3;2*1H/t25-,26+;;/m1../s1. The maximum Gasteiger partial charge on any atom is 0.416 e. The molecular formula is C29H36Cl2F7N3O2. The number of hydrogen-bond donors (Lipinski definition) is 0. The summed E-state index contributed by atoms with van der Waals surface area (Å²) >= 11 is 0. The maximum atomic E-state index is 13.6. The van der Waals surface area contributed by atoms with Crippen LogP contribution >= 0.6 is 24.8 Å². The van der Waals surface area contributed by atoms with E-state index >= 15 is 0 Å². The summed E-state index contributed by atoms with van der Waals surface area (Å²) in [4.78, 5) is 19.1. The predicted molar refractivity (Wildman–Crippen MR) is 154 cm³/mol. The molecule has 4 rings (SSSR count). The summed E-state index contributed by atoms with van der Waals surface area (Å²) in [7, 11) is 0. The topological polar surface area (TPSA) is 36.0 Å². The quantitative estimate of drug-likeness (QED) is 0.330. The summed E-state index contributed by atoms with van der Waals surface area (Å²) < 4.78 is 99.7. The third-order valence-corrected chi connectivity index (χ3v) is 7.94. The summed E-state index contributed by atoms with van der Waals surface area (Å²) in [5.41, 5.74) is -0.678. The Hall–Kier alpha value is -2.12. The van der Waals surface area contributed by atoms with Gasteiger partial charge < -0.3 is 9.64 Å². The summed E-state index contributed by atoms with van der Waals surface area (Å²) in [5.74, 6) is -0.874. The van der Waals surface area contributed by atoms with Crippen molar-refractivity contribution < 1.29 is 40.3 Å². The SMILES string of the molecule is Cc1ccc(C[C@@H]2CN(CCN3CCOC[C@@H]3CF)CCN2C(=O)c2cc(C(F)(F)F)cc(C(F)(F)F)c2)cc1C.Cl.Cl. The van der Waals surface area contributed by atoms with E-state index in [0.717, 1.165) is 16.7 Å². The smallest absolute Gasteiger partial charge is 0.378 e. The van der Waals surface area contributed by atoms with Crippen molar-refractivity contribution in [2.75, 3.05) is 59.2 Å². The van der Waals surface area contributed by atoms with Gasteiger partial charge in [0.05, 0.1) is 30.4 Å². The van der Waals surface area contributed by atoms with E-state index < -0.39 is 47.7 Å². The van der Waals surface area contributed by atoms with Gasteiger partial charge in [0.1, 0.15) is 6.67 Å². The highest BCUT2D eigenvalue weighted by molar-refractivity contribution is 5.95. The number of carbonyl (C=O) groups excluding carboxylic acids is 1. The first kappa shape index (κ1) is 37.1. The Labute approximate surface area is 259 Å². The van der Waals surface area contributed by atoms with Crippen molar-refractivity contribution in [1.82, 2.24) is 14.7 Å². The van der Waals surface area contributed by atoms with E-state index in [9.17, 15) is 35.5 Å². The van der Waals surface area contributed by atoms with E-state index in [1.165, 1.54) is 4.90 Å². The van der Waals surface area contributed by atoms with E-state index in [1.54, 1.807) is 0 Å². The second-order valence-corrected chi connectivity index (χ2v) is 10.8. The molecule has 242 valence electrons. The summed E-state index contributed by atoms with van der Waals surface area (Å²) in [6.07, 6.45) is -9.73. The maximum absolute atomic E-state index is 13.6. The molecule has 0 unspecified atom stereocenters. The van der Waals surface area contributed by atoms with Crippen LogP contribution in [-0.4, -0.2) is 91.8 Å². The molecule has 43 heavy (non-hydrogen) atoms. The number of rotatable bonds is 7. The fraction of sp³-hybridized carbons (Fsp3) is 0.552. The average molecular weight is 663 g/mol. The molecule has 2 saturated heterocycles. The number of amides is 1. The van der Waals surface area contributed by atoms with Crippen LogP contribution < -0.4 is 0 Å². The van der Waals surface area contributed by atoms with Gasteiger partial charge in [-0.2, -0.15) is 26.3 Å². The number of morpholine rings is 1. The average Bonchev–Trinajstić information content (AvgIpc) is 2.92. The molecule has 2 aliphatic heterocycles. The van der Waals surface area contributed by atoms with E-state index in [2.05, 4.69) is 4.90 Å². The number of aryl methyl sites for hydroxylation is 2. The Balaban J connectivity index is 0.00000323. The third-order valence-electron chi connectivity index (χ3n) is 7.94. The summed E-state index contributed by atoms with van der Waals surface area (Å²) in [6.45, 7) is 6.80. The van der Waals surface area contributed by atoms with Crippen molar-refractivity contribution in [2.45, 2.75) is 44.7 Å². The molecule has 0 saturated carbocycles. The van der Waals surface area contributed by atoms with Crippen LogP contribution in [0.3, 0.4) is 0 Å². The Morgan fingerprint density at radius 2 is 1.51 bits per heavy atom. The van der Waals surface area contributed by atoms with Crippen LogP contribution in [0.25, 0.3) is 0 Å². The molecule has 0 radical (unpaired) electrons. The van der Waals surface area contributed by atoms with Gasteiger partial charge in [-0.15, -0.1) is 24.8 Å². The number of piperazine rings is 1. The molecule has 2 aromatic carbocycles. The van der Waals surface area contributed by atoms with Gasteiger partial charge in [0.2, 0.25) is 0 Å². The number of benzene rings is 2. The molecule has 1 amide bonds. The molecule has 14 heteroatoms. The van der Waals surface area contributed by atoms with Crippen LogP contribution in [0.1, 0.15) is 38.2 Å². The Kier molecular flexibility index (Phi) is 13.1. The highest BCUT2D eigenvalue weighted by atomic mass is 35.5. The van der Waals surface area contributed by atoms with Crippen molar-refractivity contribution in [3.63, 3.8) is 0 Å². The number of carbonyl (C=O) groups is 1. The molecule has 5 nitrogen and oxygen atoms in total. The molecule has 2 atom stereocenters. The zero-order chi connectivity index (χ0) is 29.9. The lowest BCUT2D eigenvalue weighted by molar-refractivity contribution is -0.143. The lowest BCUT2D eigenvalue weighted by atomic mass is 9.97. The Bertz CT molecular complexity index is 1200. The Morgan fingerprint density at radius 1 is 0.860 bits per heavy atom. The van der Waals surface area contributed by atoms with Gasteiger partial charge in [0.25, 0.3) is 5.91 Å². The van der Waals surface area contributed by atoms with Crippen LogP contribution in [0.4, 0.5) is 30.7 Å². The van der Waals surface area contributed by atoms with E-state index in [4.69, 9.17) is 4.74 Å². The molecule has 2 aliphatic rings. The van der Waals surface area contributed by atoms with Crippen molar-refractivity contribution in [1.29, 1.82) is 0 Å². The van der Waals surface area contributed by atoms with E-state index in [0.29, 0.717) is 64.5 Å². The molecule has 0 bridgehead atoms. The van der Waals surface area contributed by atoms with Gasteiger partial charge >= 0.3 is 12.4 Å². The minimum absolute atomic E-state index is 0. The first-order chi connectivity index (χ1) is 19.3. The number of ether oxygens (including phenoxy) is 1. The minimum atomic E-state index is -5.05. The summed E-state index contributed by atoms with van der Waals surface area (Å²) in [6, 6.07) is 6.01. The second kappa shape index (κ2) is 15.2. The van der Waals surface area contributed by atoms with Gasteiger partial charge in [0, 0.05) is 50.9 Å². The van der Waals surface area contributed by atoms with Crippen molar-refractivity contribution >= 4 is 30.7 Å². The molecule has 0 aliphatic carbocycles. The zero-order valence-electron chi connectivity index (χ0n) is 23.8. The van der Waals surface area contributed by atoms with Crippen LogP contribution in [-0.2, 0) is 23.5 Å². The van der Waals surface area contributed by atoms with Crippen molar-refractivity contribution in [2.24, 2.45) is 0 Å². The number of nitrogens with zero attached hydrogens (tertiary/aromatic N) is 3. The van der Waals surface area contributed by atoms with E-state index in [-0.39, 0.29) is 43.5 Å². The lowest BCUT2D eigenvalue weighted by Gasteiger charge is -2.43. The van der Waals surface area contributed by atoms with Gasteiger partial charge in [-0.3, -0.25) is 14.6 Å². The lowest BCUT2D eigenvalue weighted by Crippen LogP contribution is -2.57. The largest absolute Gasteiger partial charge is 0.416 e. The molecule has 0 spiro atoms. The fourth-order valence-electron chi connectivity index (χ4n) is 5.41. The first-order valence-corrected chi connectivity index (χ1v) is 13.5. The second-order valence-electron chi connectivity index (χ2n) is 10.8. The van der Waals surface area contributed by atoms with Crippen molar-refractivity contribution in [3.05, 3.63) is 69.8 Å². The molecular weight excluding hydrogens is 626 g/mol. The molecule has 0 aromatic heterocycles. The third kappa shape index (κ3) is 9.43. The number of alkyl halides is 7. The van der Waals surface area contributed by atoms with Crippen LogP contribution in [0.15, 0.2) is 36.4 Å². The fourth-order valence-corrected chi connectivity index (χ4v) is 5.41. The normalized spacial score (nSPS) is 20.3. The highest BCUT2D eigenvalue weighted by Crippen LogP contribution is 2.37. The molecule has 2 heterocycles. The first-order valence-electron chi connectivity index (χ1n) is 13.5. The van der Waals surface area contributed by atoms with E-state index in [1.807, 2.05) is 36.9 Å². The van der Waals surface area contributed by atoms with Gasteiger partial charge in [-0.25, -0.2) is 4.39 Å². The van der Waals surface area contributed by atoms with Gasteiger partial charge in [-0.05, 0) is 55.2 Å². The van der Waals surface area contributed by atoms with Crippen LogP contribution in [0.5, 0.6) is 0 Å². The zero-order valence-corrected chi connectivity index (χ0v) is 25.4. The minimum Gasteiger partial charge on any atom is -0.378 e. The highest BCUT2D eigenvalue weighted by Gasteiger charge is 2.39. The number of hydrogen-bond acceptors (Lipinski definition) is 4. The molecule has 2 aromatic rings. The summed E-state index contributed by atoms with van der Waals surface area (Å²) in [5, 5.41) is 0. The Morgan fingerprint density at radius 3 is 2.09 bits per heavy atom. The van der Waals surface area contributed by atoms with Gasteiger partial charge in [-0.1, -0.05) is 18.2 Å². The number of halogens is 9. The van der Waals surface area contributed by atoms with Crippen LogP contribution in [0.2, 0.25) is 0 Å². The van der Waals surface area contributed by atoms with Crippen LogP contribution in [0, 0.1) is 13.8 Å². The molecule has 2 fully saturated rings. The predicted octanol–water partition coefficient (Wildman–Crippen LogP) is 6.22. The van der Waals surface area contributed by atoms with Crippen molar-refractivity contribution in [3.8, 4) is 0 Å². The molecule has 0 N–H and O–H groups in total.